The lowest BCUT2D eigenvalue weighted by Gasteiger charge is -2.14. The van der Waals surface area contributed by atoms with Crippen LogP contribution in [0.5, 0.6) is 0 Å². The number of aromatic nitrogens is 1. The van der Waals surface area contributed by atoms with Gasteiger partial charge in [0.15, 0.2) is 6.54 Å². The summed E-state index contributed by atoms with van der Waals surface area (Å²) in [6, 6.07) is 5.81. The topological polar surface area (TPSA) is 20.3 Å². The van der Waals surface area contributed by atoms with Crippen LogP contribution in [0.15, 0.2) is 27.6 Å². The van der Waals surface area contributed by atoms with E-state index < -0.39 is 0 Å². The van der Waals surface area contributed by atoms with E-state index >= 15 is 0 Å². The minimum atomic E-state index is 0.748. The minimum absolute atomic E-state index is 0.748. The number of hydrogen-bond acceptors (Lipinski definition) is 3. The Morgan fingerprint density at radius 2 is 2.29 bits per heavy atom. The van der Waals surface area contributed by atoms with Gasteiger partial charge in [0.1, 0.15) is 0 Å². The zero-order chi connectivity index (χ0) is 14.8. The van der Waals surface area contributed by atoms with Crippen LogP contribution in [0.25, 0.3) is 17.2 Å². The molecule has 1 saturated heterocycles. The lowest BCUT2D eigenvalue weighted by Crippen LogP contribution is -2.35. The fourth-order valence-electron chi connectivity index (χ4n) is 2.65. The smallest absolute Gasteiger partial charge is 0.376 e. The average molecular weight is 324 g/mol. The van der Waals surface area contributed by atoms with Crippen LogP contribution >= 0.6 is 23.4 Å². The Balaban J connectivity index is 2.09. The summed E-state index contributed by atoms with van der Waals surface area (Å²) in [5, 5.41) is 2.05. The van der Waals surface area contributed by atoms with Crippen LogP contribution in [-0.4, -0.2) is 23.7 Å². The van der Waals surface area contributed by atoms with Crippen LogP contribution < -0.4 is 4.57 Å². The molecule has 3 rings (SSSR count). The molecular formula is C16H20ClN2OS+. The third kappa shape index (κ3) is 2.92. The molecule has 0 unspecified atom stereocenters. The zero-order valence-corrected chi connectivity index (χ0v) is 14.0. The number of rotatable bonds is 4. The minimum Gasteiger partial charge on any atom is -0.398 e. The molecule has 3 nitrogen and oxygen atoms in total. The Morgan fingerprint density at radius 3 is 3.05 bits per heavy atom. The third-order valence-corrected chi connectivity index (χ3v) is 4.98. The van der Waals surface area contributed by atoms with Crippen LogP contribution in [-0.2, 0) is 6.54 Å². The highest BCUT2D eigenvalue weighted by Gasteiger charge is 2.24. The molecule has 1 aliphatic rings. The molecular weight excluding hydrogens is 304 g/mol. The van der Waals surface area contributed by atoms with E-state index in [9.17, 15) is 0 Å². The van der Waals surface area contributed by atoms with Crippen molar-refractivity contribution in [2.24, 2.45) is 0 Å². The number of thioether (sulfide) groups is 1. The van der Waals surface area contributed by atoms with Crippen molar-refractivity contribution in [3.8, 4) is 0 Å². The van der Waals surface area contributed by atoms with Gasteiger partial charge in [-0.25, -0.2) is 0 Å². The van der Waals surface area contributed by atoms with E-state index in [0.29, 0.717) is 0 Å². The van der Waals surface area contributed by atoms with Crippen molar-refractivity contribution < 1.29 is 8.98 Å². The second-order valence-corrected chi connectivity index (χ2v) is 6.67. The summed E-state index contributed by atoms with van der Waals surface area (Å²) >= 11 is 8.03. The lowest BCUT2D eigenvalue weighted by atomic mass is 10.3. The van der Waals surface area contributed by atoms with Crippen LogP contribution in [0.4, 0.5) is 0 Å². The first-order chi connectivity index (χ1) is 10.2. The molecule has 0 saturated carbocycles. The molecule has 1 aliphatic heterocycles. The van der Waals surface area contributed by atoms with Crippen molar-refractivity contribution in [2.75, 3.05) is 18.8 Å². The standard InChI is InChI=1S/C16H20ClN2OS/c1-3-7-19-13-10-12(17)5-6-14(13)20-15(19)11-16-18(4-2)8-9-21-16/h5-6,10-11H,3-4,7-9H2,1-2H3/q+1. The average Bonchev–Trinajstić information content (AvgIpc) is 3.05. The first-order valence-electron chi connectivity index (χ1n) is 7.44. The predicted molar refractivity (Wildman–Crippen MR) is 89.4 cm³/mol. The van der Waals surface area contributed by atoms with Gasteiger partial charge in [-0.15, -0.1) is 11.8 Å². The number of nitrogens with zero attached hydrogens (tertiary/aromatic N) is 2. The van der Waals surface area contributed by atoms with Crippen molar-refractivity contribution in [2.45, 2.75) is 26.8 Å². The number of hydrogen-bond donors (Lipinski definition) is 0. The molecule has 21 heavy (non-hydrogen) atoms. The summed E-state index contributed by atoms with van der Waals surface area (Å²) in [5.74, 6) is 2.07. The van der Waals surface area contributed by atoms with Crippen molar-refractivity contribution in [1.29, 1.82) is 0 Å². The summed E-state index contributed by atoms with van der Waals surface area (Å²) < 4.78 is 8.27. The molecule has 1 aromatic heterocycles. The van der Waals surface area contributed by atoms with Gasteiger partial charge in [0.05, 0.1) is 11.1 Å². The lowest BCUT2D eigenvalue weighted by molar-refractivity contribution is -0.678. The van der Waals surface area contributed by atoms with Crippen molar-refractivity contribution in [1.82, 2.24) is 4.90 Å². The van der Waals surface area contributed by atoms with E-state index in [4.69, 9.17) is 16.0 Å². The fourth-order valence-corrected chi connectivity index (χ4v) is 3.92. The van der Waals surface area contributed by atoms with Gasteiger partial charge in [0, 0.05) is 36.4 Å². The van der Waals surface area contributed by atoms with Gasteiger partial charge in [0.25, 0.3) is 5.52 Å². The molecule has 0 spiro atoms. The highest BCUT2D eigenvalue weighted by molar-refractivity contribution is 8.03. The van der Waals surface area contributed by atoms with Gasteiger partial charge < -0.3 is 9.32 Å². The van der Waals surface area contributed by atoms with E-state index in [1.807, 2.05) is 30.0 Å². The molecule has 1 fully saturated rings. The largest absolute Gasteiger partial charge is 0.398 e. The molecule has 0 aliphatic carbocycles. The summed E-state index contributed by atoms with van der Waals surface area (Å²) in [4.78, 5) is 2.39. The first-order valence-corrected chi connectivity index (χ1v) is 8.80. The maximum atomic E-state index is 6.13. The summed E-state index contributed by atoms with van der Waals surface area (Å²) in [5.41, 5.74) is 1.97. The summed E-state index contributed by atoms with van der Waals surface area (Å²) in [6.45, 7) is 7.46. The quantitative estimate of drug-likeness (QED) is 0.788. The molecule has 0 atom stereocenters. The Bertz CT molecular complexity index is 680. The summed E-state index contributed by atoms with van der Waals surface area (Å²) in [6.07, 6.45) is 3.23. The predicted octanol–water partition coefficient (Wildman–Crippen LogP) is 4.15. The molecule has 0 bridgehead atoms. The van der Waals surface area contributed by atoms with Crippen LogP contribution in [0.3, 0.4) is 0 Å². The SMILES string of the molecule is CCC[n+]1c(C=C2SCCN2CC)oc2ccc(Cl)cc21. The van der Waals surface area contributed by atoms with E-state index in [2.05, 4.69) is 29.4 Å². The number of benzene rings is 1. The van der Waals surface area contributed by atoms with E-state index in [-0.39, 0.29) is 0 Å². The highest BCUT2D eigenvalue weighted by atomic mass is 35.5. The fraction of sp³-hybridized carbons (Fsp3) is 0.438. The number of aryl methyl sites for hydroxylation is 1. The van der Waals surface area contributed by atoms with Gasteiger partial charge in [-0.05, 0) is 19.1 Å². The third-order valence-electron chi connectivity index (χ3n) is 3.69. The van der Waals surface area contributed by atoms with E-state index in [1.54, 1.807) is 0 Å². The maximum Gasteiger partial charge on any atom is 0.376 e. The molecule has 0 N–H and O–H groups in total. The van der Waals surface area contributed by atoms with Crippen molar-refractivity contribution in [3.05, 3.63) is 34.1 Å². The zero-order valence-electron chi connectivity index (χ0n) is 12.4. The Morgan fingerprint density at radius 1 is 1.43 bits per heavy atom. The number of oxazole rings is 1. The first kappa shape index (κ1) is 14.8. The molecule has 2 aromatic rings. The molecule has 0 amide bonds. The van der Waals surface area contributed by atoms with Gasteiger partial charge in [-0.1, -0.05) is 18.5 Å². The number of halogens is 1. The van der Waals surface area contributed by atoms with Crippen molar-refractivity contribution in [3.63, 3.8) is 0 Å². The molecule has 1 aromatic carbocycles. The van der Waals surface area contributed by atoms with Gasteiger partial charge in [-0.2, -0.15) is 4.57 Å². The normalized spacial score (nSPS) is 17.3. The van der Waals surface area contributed by atoms with Crippen LogP contribution in [0.1, 0.15) is 26.2 Å². The Hall–Kier alpha value is -1.13. The van der Waals surface area contributed by atoms with E-state index in [0.717, 1.165) is 53.8 Å². The number of fused-ring (bicyclic) bond motifs is 1. The van der Waals surface area contributed by atoms with Crippen LogP contribution in [0, 0.1) is 0 Å². The molecule has 2 heterocycles. The molecule has 0 radical (unpaired) electrons. The van der Waals surface area contributed by atoms with Gasteiger partial charge in [0.2, 0.25) is 5.58 Å². The summed E-state index contributed by atoms with van der Waals surface area (Å²) in [7, 11) is 0. The Kier molecular flexibility index (Phi) is 4.45. The van der Waals surface area contributed by atoms with E-state index in [1.165, 1.54) is 5.03 Å². The maximum absolute atomic E-state index is 6.13. The van der Waals surface area contributed by atoms with Gasteiger partial charge in [-0.3, -0.25) is 0 Å². The van der Waals surface area contributed by atoms with Crippen molar-refractivity contribution >= 4 is 40.5 Å². The van der Waals surface area contributed by atoms with Gasteiger partial charge >= 0.3 is 5.89 Å². The second kappa shape index (κ2) is 6.32. The second-order valence-electron chi connectivity index (χ2n) is 5.11. The Labute approximate surface area is 134 Å². The monoisotopic (exact) mass is 323 g/mol. The highest BCUT2D eigenvalue weighted by Crippen LogP contribution is 2.30. The van der Waals surface area contributed by atoms with Crippen LogP contribution in [0.2, 0.25) is 5.02 Å². The molecule has 112 valence electrons. The molecule has 5 heteroatoms.